The number of ether oxygens (including phenoxy) is 1. The summed E-state index contributed by atoms with van der Waals surface area (Å²) in [5.74, 6) is 1.47. The van der Waals surface area contributed by atoms with Crippen LogP contribution < -0.4 is 10.1 Å². The van der Waals surface area contributed by atoms with Crippen molar-refractivity contribution in [1.82, 2.24) is 15.1 Å². The van der Waals surface area contributed by atoms with Crippen molar-refractivity contribution in [1.29, 1.82) is 0 Å². The van der Waals surface area contributed by atoms with Crippen LogP contribution in [0.4, 0.5) is 0 Å². The topological polar surface area (TPSA) is 56.2 Å². The molecule has 1 aromatic heterocycles. The summed E-state index contributed by atoms with van der Waals surface area (Å²) in [4.78, 5) is 12.1. The number of nitrogens with zero attached hydrogens (tertiary/aromatic N) is 2. The number of aromatic nitrogens is 2. The van der Waals surface area contributed by atoms with Gasteiger partial charge in [0.05, 0.1) is 11.7 Å². The second-order valence-electron chi connectivity index (χ2n) is 6.92. The molecule has 5 nitrogen and oxygen atoms in total. The van der Waals surface area contributed by atoms with Crippen molar-refractivity contribution in [2.45, 2.75) is 13.3 Å². The average molecular weight is 387 g/mol. The minimum atomic E-state index is -0.0592. The van der Waals surface area contributed by atoms with Gasteiger partial charge in [-0.05, 0) is 53.4 Å². The van der Waals surface area contributed by atoms with E-state index in [2.05, 4.69) is 23.4 Å². The van der Waals surface area contributed by atoms with Crippen molar-refractivity contribution >= 4 is 16.8 Å². The van der Waals surface area contributed by atoms with Gasteiger partial charge < -0.3 is 10.1 Å². The lowest BCUT2D eigenvalue weighted by Crippen LogP contribution is -2.19. The molecule has 148 valence electrons. The van der Waals surface area contributed by atoms with Crippen LogP contribution in [0.2, 0.25) is 0 Å². The number of rotatable bonds is 5. The molecule has 0 radical (unpaired) electrons. The van der Waals surface area contributed by atoms with Crippen LogP contribution in [0.15, 0.2) is 66.9 Å². The molecular weight excluding hydrogens is 362 g/mol. The molecule has 0 bridgehead atoms. The van der Waals surface area contributed by atoms with Gasteiger partial charge in [-0.2, -0.15) is 5.10 Å². The first kappa shape index (κ1) is 18.7. The maximum Gasteiger partial charge on any atom is 0.251 e. The summed E-state index contributed by atoms with van der Waals surface area (Å²) in [5, 5.41) is 8.05. The highest BCUT2D eigenvalue weighted by atomic mass is 16.5. The Balaban J connectivity index is 0.00000256. The molecule has 0 unspecified atom stereocenters. The summed E-state index contributed by atoms with van der Waals surface area (Å²) in [7, 11) is 3.57. The van der Waals surface area contributed by atoms with E-state index in [-0.39, 0.29) is 7.33 Å². The van der Waals surface area contributed by atoms with E-state index in [9.17, 15) is 4.79 Å². The molecule has 1 heterocycles. The summed E-state index contributed by atoms with van der Waals surface area (Å²) < 4.78 is 7.94. The Labute approximate surface area is 171 Å². The van der Waals surface area contributed by atoms with Gasteiger partial charge in [-0.1, -0.05) is 31.2 Å². The van der Waals surface area contributed by atoms with Gasteiger partial charge in [0.1, 0.15) is 11.5 Å². The van der Waals surface area contributed by atoms with Gasteiger partial charge in [-0.15, -0.1) is 0 Å². The SMILES string of the molecule is CCc1cc(-c2cccc(Oc3ccc4cnn(C)c4c3)c2)ccc1C(=O)NC.[HH]. The smallest absolute Gasteiger partial charge is 0.251 e. The highest BCUT2D eigenvalue weighted by molar-refractivity contribution is 5.96. The number of aryl methyl sites for hydroxylation is 2. The molecule has 3 aromatic carbocycles. The number of amides is 1. The van der Waals surface area contributed by atoms with Crippen LogP contribution in [0.25, 0.3) is 22.0 Å². The highest BCUT2D eigenvalue weighted by Gasteiger charge is 2.11. The molecule has 0 aliphatic heterocycles. The maximum absolute atomic E-state index is 12.1. The summed E-state index contributed by atoms with van der Waals surface area (Å²) in [6.45, 7) is 2.06. The minimum Gasteiger partial charge on any atom is -0.457 e. The Hall–Kier alpha value is -3.60. The zero-order valence-electron chi connectivity index (χ0n) is 16.8. The van der Waals surface area contributed by atoms with Crippen LogP contribution in [0, 0.1) is 0 Å². The second kappa shape index (κ2) is 7.80. The average Bonchev–Trinajstić information content (AvgIpc) is 3.13. The lowest BCUT2D eigenvalue weighted by molar-refractivity contribution is 0.0962. The van der Waals surface area contributed by atoms with Crippen molar-refractivity contribution in [3.8, 4) is 22.6 Å². The van der Waals surface area contributed by atoms with E-state index in [1.165, 1.54) is 0 Å². The standard InChI is InChI=1S/C24H23N3O2.H2/c1-4-16-12-18(9-11-22(16)24(28)25-2)17-6-5-7-20(13-17)29-21-10-8-19-15-26-27(3)23(19)14-21;/h5-15H,4H2,1-3H3,(H,25,28);1H. The molecule has 0 saturated carbocycles. The number of hydrogen-bond donors (Lipinski definition) is 1. The third-order valence-electron chi connectivity index (χ3n) is 5.08. The molecule has 1 amide bonds. The second-order valence-corrected chi connectivity index (χ2v) is 6.92. The number of hydrogen-bond acceptors (Lipinski definition) is 3. The van der Waals surface area contributed by atoms with Crippen molar-refractivity contribution in [2.75, 3.05) is 7.05 Å². The molecule has 0 aliphatic rings. The molecule has 1 N–H and O–H groups in total. The summed E-state index contributed by atoms with van der Waals surface area (Å²) in [6, 6.07) is 19.9. The third-order valence-corrected chi connectivity index (χ3v) is 5.08. The summed E-state index contributed by atoms with van der Waals surface area (Å²) in [6.07, 6.45) is 2.63. The van der Waals surface area contributed by atoms with Crippen LogP contribution >= 0.6 is 0 Å². The van der Waals surface area contributed by atoms with Crippen molar-refractivity contribution in [3.05, 3.63) is 78.0 Å². The van der Waals surface area contributed by atoms with Crippen LogP contribution in [0.5, 0.6) is 11.5 Å². The van der Waals surface area contributed by atoms with Crippen molar-refractivity contribution in [2.24, 2.45) is 7.05 Å². The first-order valence-corrected chi connectivity index (χ1v) is 9.64. The Bertz CT molecular complexity index is 1200. The molecule has 4 rings (SSSR count). The number of fused-ring (bicyclic) bond motifs is 1. The lowest BCUT2D eigenvalue weighted by Gasteiger charge is -2.11. The molecule has 0 saturated heterocycles. The largest absolute Gasteiger partial charge is 0.457 e. The van der Waals surface area contributed by atoms with Gasteiger partial charge in [0.2, 0.25) is 0 Å². The van der Waals surface area contributed by atoms with Gasteiger partial charge in [0.25, 0.3) is 5.91 Å². The molecule has 0 spiro atoms. The predicted octanol–water partition coefficient (Wildman–Crippen LogP) is 5.20. The van der Waals surface area contributed by atoms with E-state index in [0.29, 0.717) is 0 Å². The van der Waals surface area contributed by atoms with Gasteiger partial charge in [0, 0.05) is 32.5 Å². The van der Waals surface area contributed by atoms with E-state index in [0.717, 1.165) is 51.1 Å². The van der Waals surface area contributed by atoms with E-state index >= 15 is 0 Å². The van der Waals surface area contributed by atoms with Crippen LogP contribution in [0.3, 0.4) is 0 Å². The van der Waals surface area contributed by atoms with E-state index < -0.39 is 0 Å². The first-order valence-electron chi connectivity index (χ1n) is 9.64. The number of benzene rings is 3. The lowest BCUT2D eigenvalue weighted by atomic mass is 9.97. The fourth-order valence-electron chi connectivity index (χ4n) is 3.48. The van der Waals surface area contributed by atoms with Crippen molar-refractivity contribution < 1.29 is 11.0 Å². The molecule has 29 heavy (non-hydrogen) atoms. The molecule has 4 aromatic rings. The maximum atomic E-state index is 12.1. The zero-order chi connectivity index (χ0) is 20.4. The van der Waals surface area contributed by atoms with E-state index in [1.54, 1.807) is 7.05 Å². The molecule has 0 atom stereocenters. The Morgan fingerprint density at radius 2 is 1.86 bits per heavy atom. The zero-order valence-corrected chi connectivity index (χ0v) is 16.8. The normalized spacial score (nSPS) is 10.9. The van der Waals surface area contributed by atoms with Crippen LogP contribution in [-0.4, -0.2) is 22.7 Å². The van der Waals surface area contributed by atoms with Gasteiger partial charge in [0.15, 0.2) is 0 Å². The van der Waals surface area contributed by atoms with Crippen molar-refractivity contribution in [3.63, 3.8) is 0 Å². The first-order chi connectivity index (χ1) is 14.1. The fourth-order valence-corrected chi connectivity index (χ4v) is 3.48. The summed E-state index contributed by atoms with van der Waals surface area (Å²) >= 11 is 0. The van der Waals surface area contributed by atoms with E-state index in [1.807, 2.05) is 72.5 Å². The predicted molar refractivity (Wildman–Crippen MR) is 118 cm³/mol. The van der Waals surface area contributed by atoms with Crippen LogP contribution in [0.1, 0.15) is 24.3 Å². The Morgan fingerprint density at radius 3 is 2.66 bits per heavy atom. The highest BCUT2D eigenvalue weighted by Crippen LogP contribution is 2.30. The van der Waals surface area contributed by atoms with Gasteiger partial charge >= 0.3 is 0 Å². The van der Waals surface area contributed by atoms with E-state index in [4.69, 9.17) is 4.74 Å². The van der Waals surface area contributed by atoms with Crippen LogP contribution in [-0.2, 0) is 13.5 Å². The molecule has 0 fully saturated rings. The quantitative estimate of drug-likeness (QED) is 0.512. The monoisotopic (exact) mass is 387 g/mol. The molecule has 5 heteroatoms. The molecule has 0 aliphatic carbocycles. The summed E-state index contributed by atoms with van der Waals surface area (Å²) in [5.41, 5.74) is 4.87. The number of carbonyl (C=O) groups excluding carboxylic acids is 1. The fraction of sp³-hybridized carbons (Fsp3) is 0.167. The molecular formula is C24H25N3O2. The number of carbonyl (C=O) groups is 1. The van der Waals surface area contributed by atoms with Gasteiger partial charge in [-0.3, -0.25) is 9.48 Å². The Kier molecular flexibility index (Phi) is 5.04. The van der Waals surface area contributed by atoms with Gasteiger partial charge in [-0.25, -0.2) is 0 Å². The Morgan fingerprint density at radius 1 is 1.07 bits per heavy atom. The number of nitrogens with one attached hydrogen (secondary N) is 1. The minimum absolute atomic E-state index is 0. The third kappa shape index (κ3) is 3.72.